The monoisotopic (exact) mass is 295 g/mol. The van der Waals surface area contributed by atoms with Crippen molar-refractivity contribution >= 4 is 16.5 Å². The zero-order chi connectivity index (χ0) is 14.6. The highest BCUT2D eigenvalue weighted by atomic mass is 32.1. The summed E-state index contributed by atoms with van der Waals surface area (Å²) in [4.78, 5) is 8.86. The molecular formula is C16H29N3S. The van der Waals surface area contributed by atoms with Gasteiger partial charge in [-0.1, -0.05) is 34.1 Å². The Morgan fingerprint density at radius 1 is 1.25 bits per heavy atom. The molecule has 3 nitrogen and oxygen atoms in total. The van der Waals surface area contributed by atoms with E-state index in [2.05, 4.69) is 37.9 Å². The Morgan fingerprint density at radius 3 is 2.55 bits per heavy atom. The van der Waals surface area contributed by atoms with E-state index in [4.69, 9.17) is 4.98 Å². The summed E-state index contributed by atoms with van der Waals surface area (Å²) in [7, 11) is 0. The van der Waals surface area contributed by atoms with E-state index in [1.807, 2.05) is 11.3 Å². The second kappa shape index (κ2) is 6.90. The van der Waals surface area contributed by atoms with E-state index in [9.17, 15) is 0 Å². The van der Waals surface area contributed by atoms with Gasteiger partial charge >= 0.3 is 0 Å². The molecule has 2 rings (SSSR count). The first-order valence-corrected chi connectivity index (χ1v) is 8.81. The van der Waals surface area contributed by atoms with Crippen LogP contribution in [0, 0.1) is 5.41 Å². The first-order chi connectivity index (χ1) is 9.55. The van der Waals surface area contributed by atoms with Crippen LogP contribution >= 0.6 is 11.3 Å². The van der Waals surface area contributed by atoms with E-state index < -0.39 is 0 Å². The fourth-order valence-electron chi connectivity index (χ4n) is 2.62. The van der Waals surface area contributed by atoms with Crippen LogP contribution in [-0.2, 0) is 13.0 Å². The molecule has 114 valence electrons. The highest BCUT2D eigenvalue weighted by Gasteiger charge is 2.27. The molecule has 1 aromatic rings. The van der Waals surface area contributed by atoms with Gasteiger partial charge < -0.3 is 10.2 Å². The number of hydrogen-bond donors (Lipinski definition) is 1. The molecule has 0 atom stereocenters. The second-order valence-electron chi connectivity index (χ2n) is 6.55. The molecule has 4 heteroatoms. The Morgan fingerprint density at radius 2 is 1.95 bits per heavy atom. The number of nitrogens with zero attached hydrogens (tertiary/aromatic N) is 2. The topological polar surface area (TPSA) is 28.2 Å². The Balaban J connectivity index is 2.08. The lowest BCUT2D eigenvalue weighted by Gasteiger charge is -2.36. The highest BCUT2D eigenvalue weighted by Crippen LogP contribution is 2.35. The molecule has 0 radical (unpaired) electrons. The first-order valence-electron chi connectivity index (χ1n) is 8.00. The predicted octanol–water partition coefficient (Wildman–Crippen LogP) is 3.83. The molecule has 1 fully saturated rings. The van der Waals surface area contributed by atoms with Gasteiger partial charge in [0.1, 0.15) is 0 Å². The molecule has 0 aromatic carbocycles. The summed E-state index contributed by atoms with van der Waals surface area (Å²) >= 11 is 1.90. The molecule has 1 N–H and O–H groups in total. The lowest BCUT2D eigenvalue weighted by molar-refractivity contribution is 0.279. The zero-order valence-electron chi connectivity index (χ0n) is 13.5. The second-order valence-corrected chi connectivity index (χ2v) is 7.61. The maximum absolute atomic E-state index is 4.93. The van der Waals surface area contributed by atoms with Crippen molar-refractivity contribution < 1.29 is 0 Å². The van der Waals surface area contributed by atoms with Gasteiger partial charge in [0.2, 0.25) is 0 Å². The van der Waals surface area contributed by atoms with Crippen molar-refractivity contribution in [2.75, 3.05) is 24.5 Å². The van der Waals surface area contributed by atoms with E-state index in [0.29, 0.717) is 5.41 Å². The molecule has 0 bridgehead atoms. The summed E-state index contributed by atoms with van der Waals surface area (Å²) in [5.74, 6) is 0. The molecule has 1 aromatic heterocycles. The summed E-state index contributed by atoms with van der Waals surface area (Å²) in [6, 6.07) is 0. The van der Waals surface area contributed by atoms with Crippen LogP contribution in [0.1, 0.15) is 57.5 Å². The molecule has 2 heterocycles. The Kier molecular flexibility index (Phi) is 5.44. The van der Waals surface area contributed by atoms with Gasteiger partial charge in [0.05, 0.1) is 5.69 Å². The maximum Gasteiger partial charge on any atom is 0.185 e. The quantitative estimate of drug-likeness (QED) is 0.864. The van der Waals surface area contributed by atoms with Crippen LogP contribution in [0.3, 0.4) is 0 Å². The smallest absolute Gasteiger partial charge is 0.185 e. The zero-order valence-corrected chi connectivity index (χ0v) is 14.3. The fourth-order valence-corrected chi connectivity index (χ4v) is 3.74. The normalized spacial score (nSPS) is 18.5. The molecule has 1 saturated heterocycles. The molecule has 0 aliphatic carbocycles. The Bertz CT molecular complexity index is 415. The number of thiazole rings is 1. The lowest BCUT2D eigenvalue weighted by Crippen LogP contribution is -2.37. The summed E-state index contributed by atoms with van der Waals surface area (Å²) in [5.41, 5.74) is 1.82. The van der Waals surface area contributed by atoms with E-state index in [1.54, 1.807) is 0 Å². The average molecular weight is 295 g/mol. The number of aryl methyl sites for hydroxylation is 1. The molecule has 0 amide bonds. The van der Waals surface area contributed by atoms with Crippen molar-refractivity contribution in [2.45, 2.75) is 59.9 Å². The van der Waals surface area contributed by atoms with Crippen molar-refractivity contribution in [1.29, 1.82) is 0 Å². The van der Waals surface area contributed by atoms with Crippen LogP contribution in [0.4, 0.5) is 5.13 Å². The number of piperidine rings is 1. The van der Waals surface area contributed by atoms with E-state index in [-0.39, 0.29) is 0 Å². The van der Waals surface area contributed by atoms with E-state index in [0.717, 1.165) is 32.6 Å². The minimum Gasteiger partial charge on any atom is -0.348 e. The molecular weight excluding hydrogens is 266 g/mol. The van der Waals surface area contributed by atoms with Crippen molar-refractivity contribution in [3.05, 3.63) is 10.6 Å². The van der Waals surface area contributed by atoms with Gasteiger partial charge in [-0.15, -0.1) is 11.3 Å². The summed E-state index contributed by atoms with van der Waals surface area (Å²) in [5, 5.41) is 4.69. The third-order valence-electron chi connectivity index (χ3n) is 4.18. The third kappa shape index (κ3) is 3.95. The molecule has 0 saturated carbocycles. The van der Waals surface area contributed by atoms with E-state index in [1.165, 1.54) is 35.0 Å². The number of anilines is 1. The third-order valence-corrected chi connectivity index (χ3v) is 5.34. The van der Waals surface area contributed by atoms with Crippen LogP contribution in [-0.4, -0.2) is 24.6 Å². The summed E-state index contributed by atoms with van der Waals surface area (Å²) in [6.45, 7) is 13.5. The largest absolute Gasteiger partial charge is 0.348 e. The molecule has 0 unspecified atom stereocenters. The Hall–Kier alpha value is -0.610. The number of aromatic nitrogens is 1. The predicted molar refractivity (Wildman–Crippen MR) is 88.7 cm³/mol. The number of nitrogens with one attached hydrogen (secondary N) is 1. The fraction of sp³-hybridized carbons (Fsp3) is 0.812. The van der Waals surface area contributed by atoms with Gasteiger partial charge in [0.25, 0.3) is 0 Å². The van der Waals surface area contributed by atoms with Gasteiger partial charge in [0, 0.05) is 24.5 Å². The van der Waals surface area contributed by atoms with E-state index >= 15 is 0 Å². The Labute approximate surface area is 127 Å². The minimum absolute atomic E-state index is 0.507. The van der Waals surface area contributed by atoms with Crippen LogP contribution in [0.5, 0.6) is 0 Å². The highest BCUT2D eigenvalue weighted by molar-refractivity contribution is 7.15. The molecule has 20 heavy (non-hydrogen) atoms. The van der Waals surface area contributed by atoms with Crippen molar-refractivity contribution in [3.63, 3.8) is 0 Å². The van der Waals surface area contributed by atoms with Gasteiger partial charge in [-0.2, -0.15) is 0 Å². The maximum atomic E-state index is 4.93. The number of hydrogen-bond acceptors (Lipinski definition) is 4. The first kappa shape index (κ1) is 15.8. The number of rotatable bonds is 6. The molecule has 1 aliphatic heterocycles. The molecule has 0 spiro atoms. The SMILES string of the molecule is CCCc1nc(N2CCC(C)(C)CC2)sc1CNCC. The molecule has 1 aliphatic rings. The van der Waals surface area contributed by atoms with Crippen molar-refractivity contribution in [1.82, 2.24) is 10.3 Å². The van der Waals surface area contributed by atoms with Gasteiger partial charge in [-0.25, -0.2) is 4.98 Å². The van der Waals surface area contributed by atoms with Gasteiger partial charge in [0.15, 0.2) is 5.13 Å². The van der Waals surface area contributed by atoms with Crippen LogP contribution in [0.15, 0.2) is 0 Å². The lowest BCUT2D eigenvalue weighted by atomic mass is 9.83. The minimum atomic E-state index is 0.507. The van der Waals surface area contributed by atoms with Crippen molar-refractivity contribution in [3.8, 4) is 0 Å². The standard InChI is InChI=1S/C16H29N3S/c1-5-7-13-14(12-17-6-2)20-15(18-13)19-10-8-16(3,4)9-11-19/h17H,5-12H2,1-4H3. The van der Waals surface area contributed by atoms with Crippen molar-refractivity contribution in [2.24, 2.45) is 5.41 Å². The van der Waals surface area contributed by atoms with Crippen LogP contribution in [0.25, 0.3) is 0 Å². The summed E-state index contributed by atoms with van der Waals surface area (Å²) in [6.07, 6.45) is 4.84. The van der Waals surface area contributed by atoms with Crippen LogP contribution in [0.2, 0.25) is 0 Å². The summed E-state index contributed by atoms with van der Waals surface area (Å²) < 4.78 is 0. The average Bonchev–Trinajstić information content (AvgIpc) is 2.80. The van der Waals surface area contributed by atoms with Gasteiger partial charge in [-0.05, 0) is 31.2 Å². The van der Waals surface area contributed by atoms with Crippen LogP contribution < -0.4 is 10.2 Å². The van der Waals surface area contributed by atoms with Gasteiger partial charge in [-0.3, -0.25) is 0 Å².